The molecule has 0 radical (unpaired) electrons. The van der Waals surface area contributed by atoms with Gasteiger partial charge in [0.1, 0.15) is 5.75 Å². The first-order valence-electron chi connectivity index (χ1n) is 5.60. The Morgan fingerprint density at radius 3 is 2.20 bits per heavy atom. The summed E-state index contributed by atoms with van der Waals surface area (Å²) in [5.74, 6) is 1.09. The third-order valence-corrected chi connectivity index (χ3v) is 3.47. The molecule has 0 heterocycles. The Bertz CT molecular complexity index is 331. The van der Waals surface area contributed by atoms with E-state index in [2.05, 4.69) is 41.9 Å². The van der Waals surface area contributed by atoms with E-state index in [0.29, 0.717) is 6.10 Å². The van der Waals surface area contributed by atoms with Crippen LogP contribution in [0.3, 0.4) is 0 Å². The molecule has 0 atom stereocenters. The van der Waals surface area contributed by atoms with Crippen LogP contribution >= 0.6 is 15.9 Å². The van der Waals surface area contributed by atoms with Crippen LogP contribution in [0.4, 0.5) is 0 Å². The van der Waals surface area contributed by atoms with Crippen molar-refractivity contribution in [3.8, 4) is 5.75 Å². The lowest BCUT2D eigenvalue weighted by molar-refractivity contribution is 0.207. The second kappa shape index (κ2) is 4.56. The second-order valence-corrected chi connectivity index (χ2v) is 5.31. The van der Waals surface area contributed by atoms with Crippen molar-refractivity contribution < 1.29 is 4.74 Å². The molecule has 1 aromatic rings. The minimum Gasteiger partial charge on any atom is -0.490 e. The van der Waals surface area contributed by atoms with E-state index < -0.39 is 0 Å². The molecule has 82 valence electrons. The molecule has 1 nitrogen and oxygen atoms in total. The molecule has 0 aromatic heterocycles. The third-order valence-electron chi connectivity index (χ3n) is 3.01. The van der Waals surface area contributed by atoms with Gasteiger partial charge in [-0.05, 0) is 62.8 Å². The summed E-state index contributed by atoms with van der Waals surface area (Å²) in [7, 11) is 0. The van der Waals surface area contributed by atoms with Gasteiger partial charge in [0.2, 0.25) is 0 Å². The van der Waals surface area contributed by atoms with Crippen molar-refractivity contribution in [3.05, 3.63) is 27.7 Å². The van der Waals surface area contributed by atoms with Crippen LogP contribution in [0.5, 0.6) is 5.75 Å². The maximum atomic E-state index is 6.07. The number of aryl methyl sites for hydroxylation is 2. The highest BCUT2D eigenvalue weighted by Crippen LogP contribution is 2.31. The highest BCUT2D eigenvalue weighted by atomic mass is 79.9. The van der Waals surface area contributed by atoms with Crippen LogP contribution in [0.25, 0.3) is 0 Å². The Balaban J connectivity index is 2.19. The number of hydrogen-bond donors (Lipinski definition) is 0. The van der Waals surface area contributed by atoms with Gasteiger partial charge in [-0.25, -0.2) is 0 Å². The summed E-state index contributed by atoms with van der Waals surface area (Å²) in [4.78, 5) is 0. The van der Waals surface area contributed by atoms with Gasteiger partial charge in [-0.2, -0.15) is 0 Å². The zero-order chi connectivity index (χ0) is 10.8. The Hall–Kier alpha value is -0.500. The normalized spacial score (nSPS) is 17.0. The van der Waals surface area contributed by atoms with E-state index in [4.69, 9.17) is 4.74 Å². The fraction of sp³-hybridized carbons (Fsp3) is 0.538. The van der Waals surface area contributed by atoms with E-state index in [1.54, 1.807) is 0 Å². The first-order valence-corrected chi connectivity index (χ1v) is 6.39. The molecule has 0 N–H and O–H groups in total. The van der Waals surface area contributed by atoms with E-state index in [9.17, 15) is 0 Å². The molecule has 15 heavy (non-hydrogen) atoms. The molecule has 1 fully saturated rings. The summed E-state index contributed by atoms with van der Waals surface area (Å²) in [5, 5.41) is 0. The maximum absolute atomic E-state index is 6.07. The molecule has 2 rings (SSSR count). The molecule has 0 aliphatic heterocycles. The summed E-state index contributed by atoms with van der Waals surface area (Å²) in [6.07, 6.45) is 5.52. The number of rotatable bonds is 2. The highest BCUT2D eigenvalue weighted by molar-refractivity contribution is 9.10. The lowest BCUT2D eigenvalue weighted by Gasteiger charge is -2.17. The van der Waals surface area contributed by atoms with Crippen molar-refractivity contribution >= 4 is 15.9 Å². The Morgan fingerprint density at radius 2 is 1.67 bits per heavy atom. The van der Waals surface area contributed by atoms with E-state index in [1.165, 1.54) is 36.8 Å². The summed E-state index contributed by atoms with van der Waals surface area (Å²) in [6, 6.07) is 4.24. The molecule has 0 spiro atoms. The fourth-order valence-corrected chi connectivity index (χ4v) is 2.94. The van der Waals surface area contributed by atoms with Gasteiger partial charge in [0.05, 0.1) is 6.10 Å². The molecule has 0 amide bonds. The number of hydrogen-bond acceptors (Lipinski definition) is 1. The van der Waals surface area contributed by atoms with Crippen LogP contribution in [0.1, 0.15) is 36.8 Å². The van der Waals surface area contributed by atoms with Gasteiger partial charge in [0, 0.05) is 4.47 Å². The standard InChI is InChI=1S/C13H17BrO/c1-9-7-11(14)8-10(2)13(9)15-12-5-3-4-6-12/h7-8,12H,3-6H2,1-2H3. The van der Waals surface area contributed by atoms with Crippen molar-refractivity contribution in [2.75, 3.05) is 0 Å². The quantitative estimate of drug-likeness (QED) is 0.773. The minimum absolute atomic E-state index is 0.448. The van der Waals surface area contributed by atoms with Crippen molar-refractivity contribution in [1.29, 1.82) is 0 Å². The van der Waals surface area contributed by atoms with Gasteiger partial charge in [0.15, 0.2) is 0 Å². The molecule has 0 unspecified atom stereocenters. The monoisotopic (exact) mass is 268 g/mol. The average molecular weight is 269 g/mol. The Morgan fingerprint density at radius 1 is 1.13 bits per heavy atom. The zero-order valence-corrected chi connectivity index (χ0v) is 10.9. The Kier molecular flexibility index (Phi) is 3.35. The first kappa shape index (κ1) is 11.0. The van der Waals surface area contributed by atoms with E-state index >= 15 is 0 Å². The lowest BCUT2D eigenvalue weighted by Crippen LogP contribution is -2.12. The van der Waals surface area contributed by atoms with Crippen molar-refractivity contribution in [2.24, 2.45) is 0 Å². The first-order chi connectivity index (χ1) is 7.16. The molecular formula is C13H17BrO. The van der Waals surface area contributed by atoms with Crippen molar-refractivity contribution in [1.82, 2.24) is 0 Å². The van der Waals surface area contributed by atoms with Crippen LogP contribution < -0.4 is 4.74 Å². The van der Waals surface area contributed by atoms with Gasteiger partial charge in [0.25, 0.3) is 0 Å². The lowest BCUT2D eigenvalue weighted by atomic mass is 10.1. The Labute approximate surface area is 100.0 Å². The smallest absolute Gasteiger partial charge is 0.125 e. The van der Waals surface area contributed by atoms with Crippen LogP contribution in [0.15, 0.2) is 16.6 Å². The molecule has 1 saturated carbocycles. The van der Waals surface area contributed by atoms with Gasteiger partial charge >= 0.3 is 0 Å². The third kappa shape index (κ3) is 2.54. The molecular weight excluding hydrogens is 252 g/mol. The predicted molar refractivity (Wildman–Crippen MR) is 66.5 cm³/mol. The summed E-state index contributed by atoms with van der Waals surface area (Å²) < 4.78 is 7.21. The van der Waals surface area contributed by atoms with Gasteiger partial charge in [-0.1, -0.05) is 15.9 Å². The van der Waals surface area contributed by atoms with Gasteiger partial charge in [-0.3, -0.25) is 0 Å². The maximum Gasteiger partial charge on any atom is 0.125 e. The minimum atomic E-state index is 0.448. The molecule has 1 aliphatic carbocycles. The zero-order valence-electron chi connectivity index (χ0n) is 9.35. The molecule has 1 aromatic carbocycles. The number of benzene rings is 1. The van der Waals surface area contributed by atoms with E-state index in [0.717, 1.165) is 10.2 Å². The van der Waals surface area contributed by atoms with Crippen LogP contribution in [-0.4, -0.2) is 6.10 Å². The summed E-state index contributed by atoms with van der Waals surface area (Å²) in [6.45, 7) is 4.23. The van der Waals surface area contributed by atoms with Gasteiger partial charge in [-0.15, -0.1) is 0 Å². The molecule has 0 bridgehead atoms. The molecule has 1 aliphatic rings. The predicted octanol–water partition coefficient (Wildman–Crippen LogP) is 4.39. The topological polar surface area (TPSA) is 9.23 Å². The van der Waals surface area contributed by atoms with Crippen molar-refractivity contribution in [3.63, 3.8) is 0 Å². The SMILES string of the molecule is Cc1cc(Br)cc(C)c1OC1CCCC1. The van der Waals surface area contributed by atoms with Crippen LogP contribution in [0, 0.1) is 13.8 Å². The number of ether oxygens (including phenoxy) is 1. The summed E-state index contributed by atoms with van der Waals surface area (Å²) >= 11 is 3.50. The summed E-state index contributed by atoms with van der Waals surface area (Å²) in [5.41, 5.74) is 2.46. The molecule has 0 saturated heterocycles. The van der Waals surface area contributed by atoms with E-state index in [1.807, 2.05) is 0 Å². The van der Waals surface area contributed by atoms with Crippen LogP contribution in [0.2, 0.25) is 0 Å². The van der Waals surface area contributed by atoms with Crippen molar-refractivity contribution in [2.45, 2.75) is 45.6 Å². The highest BCUT2D eigenvalue weighted by Gasteiger charge is 2.18. The average Bonchev–Trinajstić information content (AvgIpc) is 2.63. The van der Waals surface area contributed by atoms with Gasteiger partial charge < -0.3 is 4.74 Å². The molecule has 2 heteroatoms. The fourth-order valence-electron chi connectivity index (χ4n) is 2.26. The largest absolute Gasteiger partial charge is 0.490 e. The van der Waals surface area contributed by atoms with Crippen LogP contribution in [-0.2, 0) is 0 Å². The van der Waals surface area contributed by atoms with E-state index in [-0.39, 0.29) is 0 Å². The number of halogens is 1. The second-order valence-electron chi connectivity index (χ2n) is 4.39.